The number of fused-ring (bicyclic) bond motifs is 1. The van der Waals surface area contributed by atoms with Crippen LogP contribution in [0.2, 0.25) is 0 Å². The van der Waals surface area contributed by atoms with E-state index in [9.17, 15) is 4.79 Å². The Morgan fingerprint density at radius 3 is 2.96 bits per heavy atom. The number of carbonyl (C=O) groups excluding carboxylic acids is 1. The Bertz CT molecular complexity index is 836. The molecule has 122 valence electrons. The second kappa shape index (κ2) is 5.91. The third-order valence-corrected chi connectivity index (χ3v) is 4.64. The molecule has 3 N–H and O–H groups in total. The first kappa shape index (κ1) is 14.1. The molecule has 1 amide bonds. The van der Waals surface area contributed by atoms with Crippen molar-refractivity contribution in [2.24, 2.45) is 0 Å². The average molecular weight is 312 g/mol. The number of nitrogens with one attached hydrogen (secondary N) is 3. The van der Waals surface area contributed by atoms with E-state index in [1.165, 1.54) is 19.3 Å². The highest BCUT2D eigenvalue weighted by Gasteiger charge is 2.18. The first-order valence-electron chi connectivity index (χ1n) is 8.23. The molecule has 0 spiro atoms. The zero-order valence-electron chi connectivity index (χ0n) is 12.9. The first-order valence-corrected chi connectivity index (χ1v) is 8.23. The highest BCUT2D eigenvalue weighted by Crippen LogP contribution is 2.27. The first-order chi connectivity index (χ1) is 11.3. The highest BCUT2D eigenvalue weighted by atomic mass is 16.1. The Hall–Kier alpha value is -2.56. The minimum Gasteiger partial charge on any atom is -0.357 e. The van der Waals surface area contributed by atoms with Gasteiger partial charge in [-0.2, -0.15) is 0 Å². The maximum Gasteiger partial charge on any atom is 0.267 e. The fourth-order valence-corrected chi connectivity index (χ4v) is 3.40. The summed E-state index contributed by atoms with van der Waals surface area (Å²) in [5.41, 5.74) is 3.55. The van der Waals surface area contributed by atoms with Gasteiger partial charge in [0, 0.05) is 38.4 Å². The van der Waals surface area contributed by atoms with E-state index < -0.39 is 0 Å². The van der Waals surface area contributed by atoms with E-state index in [1.54, 1.807) is 6.20 Å². The number of hydrogen-bond donors (Lipinski definition) is 3. The fraction of sp³-hybridized carbons (Fsp3) is 0.333. The monoisotopic (exact) mass is 312 g/mol. The van der Waals surface area contributed by atoms with Gasteiger partial charge >= 0.3 is 0 Å². The molecular formula is C18H24N4O. The zero-order valence-corrected chi connectivity index (χ0v) is 12.9. The van der Waals surface area contributed by atoms with Gasteiger partial charge in [-0.1, -0.05) is 19.3 Å². The molecule has 0 bridgehead atoms. The Labute approximate surface area is 137 Å². The normalized spacial score (nSPS) is 15.8. The van der Waals surface area contributed by atoms with Crippen molar-refractivity contribution in [2.45, 2.75) is 38.1 Å². The summed E-state index contributed by atoms with van der Waals surface area (Å²) in [4.78, 5) is 22.9. The molecule has 0 aliphatic heterocycles. The molecule has 1 fully saturated rings. The molecular weight excluding hydrogens is 288 g/mol. The van der Waals surface area contributed by atoms with E-state index in [-0.39, 0.29) is 8.76 Å². The lowest BCUT2D eigenvalue weighted by Crippen LogP contribution is -2.36. The van der Waals surface area contributed by atoms with Crippen LogP contribution >= 0.6 is 0 Å². The second-order valence-corrected chi connectivity index (χ2v) is 6.21. The van der Waals surface area contributed by atoms with Crippen LogP contribution in [-0.4, -0.2) is 26.9 Å². The van der Waals surface area contributed by atoms with E-state index in [2.05, 4.69) is 20.3 Å². The van der Waals surface area contributed by atoms with Gasteiger partial charge < -0.3 is 15.3 Å². The Morgan fingerprint density at radius 1 is 1.22 bits per heavy atom. The second-order valence-electron chi connectivity index (χ2n) is 6.21. The number of H-pyrrole nitrogens is 2. The number of aromatic nitrogens is 3. The minimum absolute atomic E-state index is 0. The fourth-order valence-electron chi connectivity index (χ4n) is 3.40. The zero-order chi connectivity index (χ0) is 15.6. The molecule has 0 radical (unpaired) electrons. The summed E-state index contributed by atoms with van der Waals surface area (Å²) in [5.74, 6) is -0.0116. The van der Waals surface area contributed by atoms with Gasteiger partial charge in [0.25, 0.3) is 5.91 Å². The molecule has 0 saturated heterocycles. The number of carbonyl (C=O) groups is 1. The van der Waals surface area contributed by atoms with Crippen molar-refractivity contribution in [3.8, 4) is 11.1 Å². The SMILES string of the molecule is O=C(NC1CCCCC1)c1cc(-c2ccnc3[nH]ccc23)c[nH]1.[HH].[HH]. The minimum atomic E-state index is -0.0116. The summed E-state index contributed by atoms with van der Waals surface area (Å²) in [6.07, 6.45) is 11.4. The molecule has 4 rings (SSSR count). The number of nitrogens with zero attached hydrogens (tertiary/aromatic N) is 1. The average Bonchev–Trinajstić information content (AvgIpc) is 3.25. The van der Waals surface area contributed by atoms with Crippen molar-refractivity contribution >= 4 is 16.9 Å². The van der Waals surface area contributed by atoms with Gasteiger partial charge in [0.15, 0.2) is 0 Å². The van der Waals surface area contributed by atoms with Crippen LogP contribution in [0.1, 0.15) is 45.4 Å². The van der Waals surface area contributed by atoms with Gasteiger partial charge in [-0.05, 0) is 36.6 Å². The van der Waals surface area contributed by atoms with Crippen LogP contribution in [-0.2, 0) is 0 Å². The van der Waals surface area contributed by atoms with Gasteiger partial charge in [-0.25, -0.2) is 4.98 Å². The number of aromatic amines is 2. The van der Waals surface area contributed by atoms with Crippen LogP contribution in [0.3, 0.4) is 0 Å². The van der Waals surface area contributed by atoms with Crippen molar-refractivity contribution in [1.82, 2.24) is 20.3 Å². The summed E-state index contributed by atoms with van der Waals surface area (Å²) in [5, 5.41) is 4.20. The Kier molecular flexibility index (Phi) is 3.61. The van der Waals surface area contributed by atoms with Gasteiger partial charge in [-0.15, -0.1) is 0 Å². The van der Waals surface area contributed by atoms with Crippen LogP contribution in [0, 0.1) is 0 Å². The topological polar surface area (TPSA) is 73.6 Å². The Balaban J connectivity index is 0.00000113. The van der Waals surface area contributed by atoms with E-state index in [0.717, 1.165) is 35.0 Å². The number of rotatable bonds is 3. The summed E-state index contributed by atoms with van der Waals surface area (Å²) in [7, 11) is 0. The maximum atomic E-state index is 12.4. The van der Waals surface area contributed by atoms with E-state index in [1.807, 2.05) is 30.6 Å². The lowest BCUT2D eigenvalue weighted by Gasteiger charge is -2.22. The number of pyridine rings is 1. The lowest BCUT2D eigenvalue weighted by atomic mass is 9.95. The molecule has 3 aromatic rings. The third-order valence-electron chi connectivity index (χ3n) is 4.64. The summed E-state index contributed by atoms with van der Waals surface area (Å²) < 4.78 is 0. The largest absolute Gasteiger partial charge is 0.357 e. The summed E-state index contributed by atoms with van der Waals surface area (Å²) in [6.45, 7) is 0. The summed E-state index contributed by atoms with van der Waals surface area (Å²) >= 11 is 0. The van der Waals surface area contributed by atoms with E-state index >= 15 is 0 Å². The quantitative estimate of drug-likeness (QED) is 0.681. The van der Waals surface area contributed by atoms with Gasteiger partial charge in [0.1, 0.15) is 11.3 Å². The van der Waals surface area contributed by atoms with Crippen LogP contribution in [0.5, 0.6) is 0 Å². The standard InChI is InChI=1S/C18H20N4O.2H2/c23-18(22-13-4-2-1-3-5-13)16-10-12(11-21-16)14-6-8-19-17-15(14)7-9-20-17;;/h6-11,13,21H,1-5H2,(H,19,20)(H,22,23);2*1H. The smallest absolute Gasteiger partial charge is 0.267 e. The molecule has 1 saturated carbocycles. The van der Waals surface area contributed by atoms with Gasteiger partial charge in [0.05, 0.1) is 0 Å². The van der Waals surface area contributed by atoms with Gasteiger partial charge in [-0.3, -0.25) is 4.79 Å². The van der Waals surface area contributed by atoms with Gasteiger partial charge in [0.2, 0.25) is 0 Å². The predicted octanol–water partition coefficient (Wildman–Crippen LogP) is 4.11. The van der Waals surface area contributed by atoms with Crippen molar-refractivity contribution in [3.63, 3.8) is 0 Å². The molecule has 1 aliphatic carbocycles. The van der Waals surface area contributed by atoms with Crippen LogP contribution in [0.25, 0.3) is 22.2 Å². The molecule has 23 heavy (non-hydrogen) atoms. The molecule has 0 atom stereocenters. The molecule has 5 heteroatoms. The van der Waals surface area contributed by atoms with Crippen molar-refractivity contribution in [3.05, 3.63) is 42.5 Å². The lowest BCUT2D eigenvalue weighted by molar-refractivity contribution is 0.0923. The molecule has 0 aromatic carbocycles. The van der Waals surface area contributed by atoms with Crippen LogP contribution in [0.4, 0.5) is 0 Å². The highest BCUT2D eigenvalue weighted by molar-refractivity contribution is 5.97. The Morgan fingerprint density at radius 2 is 2.09 bits per heavy atom. The molecule has 3 aromatic heterocycles. The van der Waals surface area contributed by atoms with Crippen molar-refractivity contribution in [2.75, 3.05) is 0 Å². The van der Waals surface area contributed by atoms with Crippen LogP contribution in [0.15, 0.2) is 36.8 Å². The van der Waals surface area contributed by atoms with Crippen molar-refractivity contribution < 1.29 is 7.65 Å². The van der Waals surface area contributed by atoms with E-state index in [0.29, 0.717) is 11.7 Å². The molecule has 3 heterocycles. The molecule has 5 nitrogen and oxygen atoms in total. The number of hydrogen-bond acceptors (Lipinski definition) is 2. The molecule has 0 unspecified atom stereocenters. The maximum absolute atomic E-state index is 12.4. The predicted molar refractivity (Wildman–Crippen MR) is 94.4 cm³/mol. The number of amides is 1. The van der Waals surface area contributed by atoms with Crippen LogP contribution < -0.4 is 5.32 Å². The molecule has 1 aliphatic rings. The van der Waals surface area contributed by atoms with E-state index in [4.69, 9.17) is 0 Å². The third kappa shape index (κ3) is 2.74. The van der Waals surface area contributed by atoms with Crippen molar-refractivity contribution in [1.29, 1.82) is 0 Å². The summed E-state index contributed by atoms with van der Waals surface area (Å²) in [6, 6.07) is 6.22.